The summed E-state index contributed by atoms with van der Waals surface area (Å²) < 4.78 is 0. The number of hydrogen-bond donors (Lipinski definition) is 1. The smallest absolute Gasteiger partial charge is 0.0252 e. The van der Waals surface area contributed by atoms with Gasteiger partial charge in [-0.05, 0) is 51.1 Å². The summed E-state index contributed by atoms with van der Waals surface area (Å²) in [6.07, 6.45) is 12.9. The van der Waals surface area contributed by atoms with Crippen LogP contribution in [-0.4, -0.2) is 36.1 Å². The summed E-state index contributed by atoms with van der Waals surface area (Å²) >= 11 is 0. The molecule has 2 unspecified atom stereocenters. The quantitative estimate of drug-likeness (QED) is 0.752. The van der Waals surface area contributed by atoms with Gasteiger partial charge in [-0.1, -0.05) is 46.5 Å². The summed E-state index contributed by atoms with van der Waals surface area (Å²) in [5.41, 5.74) is 0. The summed E-state index contributed by atoms with van der Waals surface area (Å²) in [7, 11) is 0. The third-order valence-corrected chi connectivity index (χ3v) is 5.38. The molecule has 2 heteroatoms. The molecule has 2 fully saturated rings. The van der Waals surface area contributed by atoms with Gasteiger partial charge in [0, 0.05) is 18.1 Å². The van der Waals surface area contributed by atoms with Crippen molar-refractivity contribution < 1.29 is 0 Å². The van der Waals surface area contributed by atoms with E-state index in [0.717, 1.165) is 30.6 Å². The Morgan fingerprint density at radius 3 is 2.30 bits per heavy atom. The van der Waals surface area contributed by atoms with Crippen LogP contribution < -0.4 is 5.32 Å². The fraction of sp³-hybridized carbons (Fsp3) is 1.00. The van der Waals surface area contributed by atoms with Crippen LogP contribution >= 0.6 is 0 Å². The maximum atomic E-state index is 3.78. The van der Waals surface area contributed by atoms with Crippen molar-refractivity contribution in [1.82, 2.24) is 10.2 Å². The molecule has 2 aliphatic carbocycles. The molecule has 2 nitrogen and oxygen atoms in total. The summed E-state index contributed by atoms with van der Waals surface area (Å²) in [4.78, 5) is 2.93. The molecule has 118 valence electrons. The third kappa shape index (κ3) is 4.46. The average Bonchev–Trinajstić information content (AvgIpc) is 2.95. The summed E-state index contributed by atoms with van der Waals surface area (Å²) in [6, 6.07) is 2.45. The van der Waals surface area contributed by atoms with Gasteiger partial charge in [0.15, 0.2) is 0 Å². The molecule has 0 heterocycles. The second kappa shape index (κ2) is 8.38. The molecule has 0 aliphatic heterocycles. The second-order valence-electron chi connectivity index (χ2n) is 7.37. The van der Waals surface area contributed by atoms with Crippen molar-refractivity contribution in [3.8, 4) is 0 Å². The Hall–Kier alpha value is -0.0800. The lowest BCUT2D eigenvalue weighted by molar-refractivity contribution is 0.0755. The fourth-order valence-corrected chi connectivity index (χ4v) is 4.27. The predicted molar refractivity (Wildman–Crippen MR) is 88.1 cm³/mol. The molecule has 2 rings (SSSR count). The number of nitrogens with zero attached hydrogens (tertiary/aromatic N) is 1. The molecule has 0 bridgehead atoms. The van der Waals surface area contributed by atoms with E-state index in [-0.39, 0.29) is 0 Å². The number of nitrogens with one attached hydrogen (secondary N) is 1. The Morgan fingerprint density at radius 2 is 1.65 bits per heavy atom. The minimum Gasteiger partial charge on any atom is -0.313 e. The normalized spacial score (nSPS) is 28.6. The maximum absolute atomic E-state index is 3.78. The highest BCUT2D eigenvalue weighted by molar-refractivity contribution is 4.92. The predicted octanol–water partition coefficient (Wildman–Crippen LogP) is 4.20. The summed E-state index contributed by atoms with van der Waals surface area (Å²) in [5.74, 6) is 0.833. The second-order valence-corrected chi connectivity index (χ2v) is 7.37. The van der Waals surface area contributed by atoms with Crippen LogP contribution in [0, 0.1) is 5.92 Å². The van der Waals surface area contributed by atoms with Crippen LogP contribution in [0.2, 0.25) is 0 Å². The topological polar surface area (TPSA) is 15.3 Å². The first kappa shape index (κ1) is 16.3. The highest BCUT2D eigenvalue weighted by atomic mass is 15.2. The Kier molecular flexibility index (Phi) is 6.83. The molecule has 0 aromatic heterocycles. The van der Waals surface area contributed by atoms with Gasteiger partial charge in [-0.25, -0.2) is 0 Å². The highest BCUT2D eigenvalue weighted by Gasteiger charge is 2.34. The Labute approximate surface area is 126 Å². The average molecular weight is 280 g/mol. The van der Waals surface area contributed by atoms with E-state index in [9.17, 15) is 0 Å². The van der Waals surface area contributed by atoms with Gasteiger partial charge in [0.25, 0.3) is 0 Å². The zero-order valence-electron chi connectivity index (χ0n) is 14.0. The molecule has 0 aromatic carbocycles. The lowest BCUT2D eigenvalue weighted by atomic mass is 9.87. The van der Waals surface area contributed by atoms with E-state index in [1.807, 2.05) is 0 Å². The standard InChI is InChI=1S/C18H36N2/c1-4-19-17-11-7-8-12-18(17)20(14-13-15(2)3)16-9-5-6-10-16/h15-19H,4-14H2,1-3H3. The van der Waals surface area contributed by atoms with Crippen molar-refractivity contribution >= 4 is 0 Å². The van der Waals surface area contributed by atoms with E-state index in [1.165, 1.54) is 64.3 Å². The monoisotopic (exact) mass is 280 g/mol. The van der Waals surface area contributed by atoms with E-state index in [2.05, 4.69) is 31.0 Å². The molecular weight excluding hydrogens is 244 g/mol. The van der Waals surface area contributed by atoms with Crippen molar-refractivity contribution in [2.24, 2.45) is 5.92 Å². The third-order valence-electron chi connectivity index (χ3n) is 5.38. The molecule has 0 aromatic rings. The lowest BCUT2D eigenvalue weighted by Crippen LogP contribution is -2.55. The number of rotatable bonds is 7. The van der Waals surface area contributed by atoms with Crippen LogP contribution in [0.5, 0.6) is 0 Å². The zero-order chi connectivity index (χ0) is 14.4. The van der Waals surface area contributed by atoms with E-state index in [4.69, 9.17) is 0 Å². The SMILES string of the molecule is CCNC1CCCCC1N(CCC(C)C)C1CCCC1. The number of likely N-dealkylation sites (N-methyl/N-ethyl adjacent to an activating group) is 1. The Balaban J connectivity index is 2.01. The van der Waals surface area contributed by atoms with Gasteiger partial charge in [0.1, 0.15) is 0 Å². The van der Waals surface area contributed by atoms with Crippen molar-refractivity contribution in [1.29, 1.82) is 0 Å². The molecule has 20 heavy (non-hydrogen) atoms. The van der Waals surface area contributed by atoms with Crippen molar-refractivity contribution in [3.63, 3.8) is 0 Å². The van der Waals surface area contributed by atoms with Crippen LogP contribution in [0.3, 0.4) is 0 Å². The van der Waals surface area contributed by atoms with Crippen LogP contribution in [-0.2, 0) is 0 Å². The first-order valence-electron chi connectivity index (χ1n) is 9.21. The molecule has 0 saturated heterocycles. The van der Waals surface area contributed by atoms with Crippen molar-refractivity contribution in [2.45, 2.75) is 96.7 Å². The lowest BCUT2D eigenvalue weighted by Gasteiger charge is -2.44. The number of hydrogen-bond acceptors (Lipinski definition) is 2. The van der Waals surface area contributed by atoms with E-state index in [0.29, 0.717) is 0 Å². The molecule has 2 aliphatic rings. The molecule has 0 radical (unpaired) electrons. The Bertz CT molecular complexity index is 256. The largest absolute Gasteiger partial charge is 0.313 e. The van der Waals surface area contributed by atoms with Crippen molar-refractivity contribution in [3.05, 3.63) is 0 Å². The molecule has 1 N–H and O–H groups in total. The van der Waals surface area contributed by atoms with E-state index < -0.39 is 0 Å². The van der Waals surface area contributed by atoms with Crippen LogP contribution in [0.1, 0.15) is 78.6 Å². The fourth-order valence-electron chi connectivity index (χ4n) is 4.27. The van der Waals surface area contributed by atoms with Crippen LogP contribution in [0.25, 0.3) is 0 Å². The first-order valence-corrected chi connectivity index (χ1v) is 9.21. The zero-order valence-corrected chi connectivity index (χ0v) is 14.0. The van der Waals surface area contributed by atoms with Gasteiger partial charge in [0.2, 0.25) is 0 Å². The minimum absolute atomic E-state index is 0.751. The van der Waals surface area contributed by atoms with Crippen molar-refractivity contribution in [2.75, 3.05) is 13.1 Å². The Morgan fingerprint density at radius 1 is 1.00 bits per heavy atom. The summed E-state index contributed by atoms with van der Waals surface area (Å²) in [6.45, 7) is 9.46. The van der Waals surface area contributed by atoms with Gasteiger partial charge in [-0.15, -0.1) is 0 Å². The maximum Gasteiger partial charge on any atom is 0.0252 e. The minimum atomic E-state index is 0.751. The molecule has 0 amide bonds. The van der Waals surface area contributed by atoms with Gasteiger partial charge < -0.3 is 5.32 Å². The summed E-state index contributed by atoms with van der Waals surface area (Å²) in [5, 5.41) is 3.78. The molecule has 2 atom stereocenters. The van der Waals surface area contributed by atoms with E-state index in [1.54, 1.807) is 0 Å². The molecule has 0 spiro atoms. The van der Waals surface area contributed by atoms with Gasteiger partial charge in [-0.2, -0.15) is 0 Å². The highest BCUT2D eigenvalue weighted by Crippen LogP contribution is 2.31. The van der Waals surface area contributed by atoms with Crippen LogP contribution in [0.4, 0.5) is 0 Å². The van der Waals surface area contributed by atoms with Gasteiger partial charge in [0.05, 0.1) is 0 Å². The van der Waals surface area contributed by atoms with E-state index >= 15 is 0 Å². The van der Waals surface area contributed by atoms with Crippen LogP contribution in [0.15, 0.2) is 0 Å². The molecule has 2 saturated carbocycles. The van der Waals surface area contributed by atoms with Gasteiger partial charge in [-0.3, -0.25) is 4.90 Å². The molecular formula is C18H36N2. The first-order chi connectivity index (χ1) is 9.72. The van der Waals surface area contributed by atoms with Gasteiger partial charge >= 0.3 is 0 Å².